The van der Waals surface area contributed by atoms with Crippen molar-refractivity contribution in [2.24, 2.45) is 0 Å². The Morgan fingerprint density at radius 3 is 2.27 bits per heavy atom. The van der Waals surface area contributed by atoms with Gasteiger partial charge in [-0.15, -0.1) is 0 Å². The second kappa shape index (κ2) is 5.37. The third kappa shape index (κ3) is 8.26. The summed E-state index contributed by atoms with van der Waals surface area (Å²) in [5, 5.41) is 13.1. The molecule has 0 heterocycles. The summed E-state index contributed by atoms with van der Waals surface area (Å²) in [4.78, 5) is 11.1. The summed E-state index contributed by atoms with van der Waals surface area (Å²) in [5.74, 6) is -3.77. The van der Waals surface area contributed by atoms with Crippen LogP contribution >= 0.6 is 0 Å². The van der Waals surface area contributed by atoms with Crippen molar-refractivity contribution in [2.75, 3.05) is 19.7 Å². The number of hydrogen-bond donors (Lipinski definition) is 3. The second-order valence-corrected chi connectivity index (χ2v) is 4.39. The van der Waals surface area contributed by atoms with Gasteiger partial charge in [0, 0.05) is 5.54 Å². The van der Waals surface area contributed by atoms with Crippen LogP contribution in [-0.4, -0.2) is 42.2 Å². The molecule has 0 radical (unpaired) electrons. The summed E-state index contributed by atoms with van der Waals surface area (Å²) in [6.45, 7) is 3.47. The van der Waals surface area contributed by atoms with Gasteiger partial charge in [0.2, 0.25) is 5.91 Å². The minimum absolute atomic E-state index is 0.0228. The Labute approximate surface area is 88.0 Å². The first kappa shape index (κ1) is 14.2. The van der Waals surface area contributed by atoms with Crippen LogP contribution in [0.2, 0.25) is 0 Å². The molecule has 0 fully saturated rings. The summed E-state index contributed by atoms with van der Waals surface area (Å²) in [5.41, 5.74) is -0.239. The molecule has 0 bridgehead atoms. The monoisotopic (exact) mass is 224 g/mol. The fourth-order valence-corrected chi connectivity index (χ4v) is 0.692. The molecule has 0 aromatic carbocycles. The van der Waals surface area contributed by atoms with E-state index in [-0.39, 0.29) is 12.1 Å². The van der Waals surface area contributed by atoms with Crippen LogP contribution in [-0.2, 0) is 4.79 Å². The lowest BCUT2D eigenvalue weighted by molar-refractivity contribution is -0.123. The summed E-state index contributed by atoms with van der Waals surface area (Å²) in [7, 11) is 0. The maximum absolute atomic E-state index is 12.5. The molecule has 1 amide bonds. The number of aliphatic hydroxyl groups is 1. The molecule has 0 aromatic rings. The lowest BCUT2D eigenvalue weighted by atomic mass is 10.1. The summed E-state index contributed by atoms with van der Waals surface area (Å²) in [6.07, 6.45) is 0. The third-order valence-corrected chi connectivity index (χ3v) is 1.55. The topological polar surface area (TPSA) is 61.4 Å². The highest BCUT2D eigenvalue weighted by Crippen LogP contribution is 2.09. The molecule has 0 aromatic heterocycles. The van der Waals surface area contributed by atoms with Crippen LogP contribution in [0.25, 0.3) is 0 Å². The van der Waals surface area contributed by atoms with E-state index in [9.17, 15) is 13.6 Å². The fraction of sp³-hybridized carbons (Fsp3) is 0.889. The van der Waals surface area contributed by atoms with Crippen LogP contribution in [0.1, 0.15) is 20.8 Å². The number of nitrogens with one attached hydrogen (secondary N) is 2. The maximum Gasteiger partial charge on any atom is 0.287 e. The molecule has 4 nitrogen and oxygen atoms in total. The van der Waals surface area contributed by atoms with Crippen LogP contribution in [0.4, 0.5) is 8.78 Å². The van der Waals surface area contributed by atoms with Gasteiger partial charge >= 0.3 is 0 Å². The molecule has 0 spiro atoms. The van der Waals surface area contributed by atoms with Crippen molar-refractivity contribution in [3.8, 4) is 0 Å². The molecule has 0 saturated carbocycles. The molecule has 0 unspecified atom stereocenters. The van der Waals surface area contributed by atoms with Gasteiger partial charge in [-0.25, -0.2) is 8.78 Å². The van der Waals surface area contributed by atoms with E-state index in [1.807, 2.05) is 26.1 Å². The number of alkyl halides is 2. The number of amides is 1. The average Bonchev–Trinajstić information content (AvgIpc) is 2.10. The first-order chi connectivity index (χ1) is 6.66. The van der Waals surface area contributed by atoms with E-state index in [4.69, 9.17) is 5.11 Å². The largest absolute Gasteiger partial charge is 0.390 e. The first-order valence-corrected chi connectivity index (χ1v) is 4.67. The van der Waals surface area contributed by atoms with Crippen LogP contribution in [0, 0.1) is 0 Å². The van der Waals surface area contributed by atoms with Crippen molar-refractivity contribution in [3.05, 3.63) is 0 Å². The molecular formula is C9H18F2N2O2. The Hall–Kier alpha value is -0.750. The fourth-order valence-electron chi connectivity index (χ4n) is 0.692. The zero-order valence-electron chi connectivity index (χ0n) is 9.23. The Bertz CT molecular complexity index is 215. The van der Waals surface area contributed by atoms with E-state index in [0.29, 0.717) is 0 Å². The smallest absolute Gasteiger partial charge is 0.287 e. The van der Waals surface area contributed by atoms with Crippen molar-refractivity contribution < 1.29 is 18.7 Å². The van der Waals surface area contributed by atoms with Gasteiger partial charge in [-0.3, -0.25) is 4.79 Å². The summed E-state index contributed by atoms with van der Waals surface area (Å²) < 4.78 is 25.0. The van der Waals surface area contributed by atoms with Gasteiger partial charge in [-0.2, -0.15) is 0 Å². The Kier molecular flexibility index (Phi) is 5.10. The molecular weight excluding hydrogens is 206 g/mol. The standard InChI is InChI=1S/C9H18F2N2O2/c1-8(2,3)13-4-7(15)12-5-9(10,11)6-14/h13-14H,4-6H2,1-3H3,(H,12,15). The number of rotatable bonds is 5. The van der Waals surface area contributed by atoms with Gasteiger partial charge in [-0.05, 0) is 20.8 Å². The number of halogens is 2. The second-order valence-electron chi connectivity index (χ2n) is 4.39. The summed E-state index contributed by atoms with van der Waals surface area (Å²) in [6, 6.07) is 0. The minimum Gasteiger partial charge on any atom is -0.390 e. The van der Waals surface area contributed by atoms with E-state index < -0.39 is 25.0 Å². The SMILES string of the molecule is CC(C)(C)NCC(=O)NCC(F)(F)CO. The molecule has 0 aliphatic rings. The van der Waals surface area contributed by atoms with E-state index in [1.54, 1.807) is 0 Å². The summed E-state index contributed by atoms with van der Waals surface area (Å²) >= 11 is 0. The van der Waals surface area contributed by atoms with Crippen LogP contribution in [0.5, 0.6) is 0 Å². The Morgan fingerprint density at radius 1 is 1.33 bits per heavy atom. The van der Waals surface area contributed by atoms with E-state index in [1.165, 1.54) is 0 Å². The lowest BCUT2D eigenvalue weighted by Gasteiger charge is -2.20. The van der Waals surface area contributed by atoms with Crippen molar-refractivity contribution in [2.45, 2.75) is 32.2 Å². The highest BCUT2D eigenvalue weighted by molar-refractivity contribution is 5.78. The van der Waals surface area contributed by atoms with Crippen molar-refractivity contribution in [1.29, 1.82) is 0 Å². The number of aliphatic hydroxyl groups excluding tert-OH is 1. The molecule has 0 aliphatic carbocycles. The zero-order valence-corrected chi connectivity index (χ0v) is 9.23. The number of carbonyl (C=O) groups is 1. The van der Waals surface area contributed by atoms with Gasteiger partial charge in [0.25, 0.3) is 5.92 Å². The Morgan fingerprint density at radius 2 is 1.87 bits per heavy atom. The van der Waals surface area contributed by atoms with Crippen molar-refractivity contribution in [3.63, 3.8) is 0 Å². The highest BCUT2D eigenvalue weighted by atomic mass is 19.3. The normalized spacial score (nSPS) is 12.7. The van der Waals surface area contributed by atoms with Crippen LogP contribution in [0.15, 0.2) is 0 Å². The van der Waals surface area contributed by atoms with E-state index in [0.717, 1.165) is 0 Å². The lowest BCUT2D eigenvalue weighted by Crippen LogP contribution is -2.46. The molecule has 3 N–H and O–H groups in total. The average molecular weight is 224 g/mol. The van der Waals surface area contributed by atoms with Gasteiger partial charge in [0.1, 0.15) is 6.61 Å². The number of hydrogen-bond acceptors (Lipinski definition) is 3. The van der Waals surface area contributed by atoms with Gasteiger partial charge < -0.3 is 15.7 Å². The highest BCUT2D eigenvalue weighted by Gasteiger charge is 2.28. The molecule has 6 heteroatoms. The van der Waals surface area contributed by atoms with Gasteiger partial charge in [0.05, 0.1) is 13.1 Å². The van der Waals surface area contributed by atoms with Crippen molar-refractivity contribution >= 4 is 5.91 Å². The van der Waals surface area contributed by atoms with Crippen LogP contribution in [0.3, 0.4) is 0 Å². The Balaban J connectivity index is 3.77. The van der Waals surface area contributed by atoms with Crippen LogP contribution < -0.4 is 10.6 Å². The van der Waals surface area contributed by atoms with E-state index >= 15 is 0 Å². The van der Waals surface area contributed by atoms with Gasteiger partial charge in [-0.1, -0.05) is 0 Å². The molecule has 90 valence electrons. The minimum atomic E-state index is -3.25. The molecule has 0 aliphatic heterocycles. The molecule has 0 rings (SSSR count). The van der Waals surface area contributed by atoms with E-state index in [2.05, 4.69) is 5.32 Å². The maximum atomic E-state index is 12.5. The quantitative estimate of drug-likeness (QED) is 0.621. The van der Waals surface area contributed by atoms with Gasteiger partial charge in [0.15, 0.2) is 0 Å². The predicted molar refractivity (Wildman–Crippen MR) is 52.8 cm³/mol. The molecule has 0 atom stereocenters. The predicted octanol–water partition coefficient (Wildman–Crippen LogP) is 0.118. The zero-order chi connectivity index (χ0) is 12.1. The third-order valence-electron chi connectivity index (χ3n) is 1.55. The molecule has 0 saturated heterocycles. The number of carbonyl (C=O) groups excluding carboxylic acids is 1. The first-order valence-electron chi connectivity index (χ1n) is 4.67. The van der Waals surface area contributed by atoms with Crippen molar-refractivity contribution in [1.82, 2.24) is 10.6 Å². The molecule has 15 heavy (non-hydrogen) atoms.